The van der Waals surface area contributed by atoms with Crippen LogP contribution in [0.3, 0.4) is 0 Å². The number of sulfonamides is 1. The highest BCUT2D eigenvalue weighted by molar-refractivity contribution is 7.89. The van der Waals surface area contributed by atoms with Gasteiger partial charge in [0.05, 0.1) is 4.90 Å². The van der Waals surface area contributed by atoms with Crippen molar-refractivity contribution in [3.8, 4) is 0 Å². The van der Waals surface area contributed by atoms with Gasteiger partial charge in [-0.15, -0.1) is 0 Å². The molecule has 2 fully saturated rings. The summed E-state index contributed by atoms with van der Waals surface area (Å²) < 4.78 is 29.6. The number of fused-ring (bicyclic) bond motifs is 1. The first-order valence-corrected chi connectivity index (χ1v) is 14.5. The van der Waals surface area contributed by atoms with Crippen LogP contribution >= 0.6 is 0 Å². The molecule has 2 aliphatic heterocycles. The summed E-state index contributed by atoms with van der Waals surface area (Å²) in [6, 6.07) is 7.98. The summed E-state index contributed by atoms with van der Waals surface area (Å²) >= 11 is 0. The van der Waals surface area contributed by atoms with Crippen molar-refractivity contribution < 1.29 is 13.2 Å². The van der Waals surface area contributed by atoms with E-state index in [-0.39, 0.29) is 5.91 Å². The van der Waals surface area contributed by atoms with E-state index in [1.165, 1.54) is 32.2 Å². The first-order chi connectivity index (χ1) is 16.5. The van der Waals surface area contributed by atoms with Crippen molar-refractivity contribution in [2.75, 3.05) is 32.7 Å². The van der Waals surface area contributed by atoms with Crippen LogP contribution in [0.1, 0.15) is 64.7 Å². The van der Waals surface area contributed by atoms with Crippen LogP contribution in [0.15, 0.2) is 35.4 Å². The van der Waals surface area contributed by atoms with Crippen molar-refractivity contribution in [1.29, 1.82) is 0 Å². The molecule has 34 heavy (non-hydrogen) atoms. The SMILES string of the molecule is CCC1CCCCN1CCCNC(=O)CCn1ccc2cc(S(=O)(=O)N3CCCCC3)ccc21. The van der Waals surface area contributed by atoms with Crippen LogP contribution in [0.4, 0.5) is 0 Å². The smallest absolute Gasteiger partial charge is 0.243 e. The third-order valence-electron chi connectivity index (χ3n) is 7.44. The Morgan fingerprint density at radius 2 is 1.82 bits per heavy atom. The molecule has 1 N–H and O–H groups in total. The minimum atomic E-state index is -3.44. The maximum absolute atomic E-state index is 13.0. The number of hydrogen-bond donors (Lipinski definition) is 1. The molecule has 2 aliphatic rings. The zero-order chi connectivity index (χ0) is 24.0. The van der Waals surface area contributed by atoms with Gasteiger partial charge in [0, 0.05) is 62.3 Å². The standard InChI is InChI=1S/C26H40N4O3S/c1-2-23-9-4-7-15-28(23)16-8-14-27-26(31)13-20-29-19-12-22-21-24(10-11-25(22)29)34(32,33)30-17-5-3-6-18-30/h10-12,19,21,23H,2-9,13-18,20H2,1H3,(H,27,31). The van der Waals surface area contributed by atoms with Crippen molar-refractivity contribution in [2.24, 2.45) is 0 Å². The third kappa shape index (κ3) is 6.01. The van der Waals surface area contributed by atoms with Crippen LogP contribution in [0.25, 0.3) is 10.9 Å². The van der Waals surface area contributed by atoms with Crippen LogP contribution in [-0.4, -0.2) is 66.9 Å². The van der Waals surface area contributed by atoms with Crippen molar-refractivity contribution in [2.45, 2.75) is 82.2 Å². The second-order valence-electron chi connectivity index (χ2n) is 9.74. The van der Waals surface area contributed by atoms with E-state index < -0.39 is 10.0 Å². The fourth-order valence-electron chi connectivity index (χ4n) is 5.43. The van der Waals surface area contributed by atoms with Gasteiger partial charge < -0.3 is 14.8 Å². The second-order valence-corrected chi connectivity index (χ2v) is 11.7. The fraction of sp³-hybridized carbons (Fsp3) is 0.654. The molecule has 0 aliphatic carbocycles. The monoisotopic (exact) mass is 488 g/mol. The Morgan fingerprint density at radius 1 is 1.03 bits per heavy atom. The number of piperidine rings is 2. The van der Waals surface area contributed by atoms with Crippen LogP contribution in [0.2, 0.25) is 0 Å². The van der Waals surface area contributed by atoms with Gasteiger partial charge in [-0.2, -0.15) is 4.31 Å². The van der Waals surface area contributed by atoms with Gasteiger partial charge in [-0.25, -0.2) is 8.42 Å². The Morgan fingerprint density at radius 3 is 2.62 bits per heavy atom. The van der Waals surface area contributed by atoms with Gasteiger partial charge in [0.15, 0.2) is 0 Å². The number of rotatable bonds is 10. The quantitative estimate of drug-likeness (QED) is 0.514. The van der Waals surface area contributed by atoms with Gasteiger partial charge in [0.25, 0.3) is 0 Å². The second kappa shape index (κ2) is 11.7. The lowest BCUT2D eigenvalue weighted by atomic mass is 10.00. The van der Waals surface area contributed by atoms with E-state index in [1.807, 2.05) is 22.9 Å². The van der Waals surface area contributed by atoms with Gasteiger partial charge in [-0.05, 0) is 69.3 Å². The molecule has 1 unspecified atom stereocenters. The zero-order valence-corrected chi connectivity index (χ0v) is 21.4. The van der Waals surface area contributed by atoms with Gasteiger partial charge in [-0.1, -0.05) is 19.8 Å². The molecule has 1 amide bonds. The highest BCUT2D eigenvalue weighted by Crippen LogP contribution is 2.25. The molecule has 8 heteroatoms. The Labute approximate surface area is 204 Å². The molecule has 3 heterocycles. The van der Waals surface area contributed by atoms with Crippen molar-refractivity contribution in [1.82, 2.24) is 19.1 Å². The molecule has 1 aromatic carbocycles. The number of hydrogen-bond acceptors (Lipinski definition) is 4. The maximum atomic E-state index is 13.0. The molecule has 188 valence electrons. The summed E-state index contributed by atoms with van der Waals surface area (Å²) in [7, 11) is -3.44. The molecule has 7 nitrogen and oxygen atoms in total. The average Bonchev–Trinajstić information content (AvgIpc) is 3.28. The number of aromatic nitrogens is 1. The lowest BCUT2D eigenvalue weighted by molar-refractivity contribution is -0.121. The normalized spacial score (nSPS) is 20.6. The van der Waals surface area contributed by atoms with E-state index in [9.17, 15) is 13.2 Å². The average molecular weight is 489 g/mol. The summed E-state index contributed by atoms with van der Waals surface area (Å²) in [5, 5.41) is 3.96. The van der Waals surface area contributed by atoms with Gasteiger partial charge in [0.2, 0.25) is 15.9 Å². The van der Waals surface area contributed by atoms with E-state index in [1.54, 1.807) is 16.4 Å². The van der Waals surface area contributed by atoms with E-state index in [0.717, 1.165) is 49.7 Å². The Balaban J connectivity index is 1.26. The first kappa shape index (κ1) is 25.2. The number of likely N-dealkylation sites (tertiary alicyclic amines) is 1. The lowest BCUT2D eigenvalue weighted by Crippen LogP contribution is -2.40. The minimum Gasteiger partial charge on any atom is -0.356 e. The Bertz CT molecular complexity index is 1060. The lowest BCUT2D eigenvalue weighted by Gasteiger charge is -2.35. The number of amides is 1. The molecular weight excluding hydrogens is 448 g/mol. The third-order valence-corrected chi connectivity index (χ3v) is 9.33. The molecule has 2 aromatic rings. The molecule has 1 atom stereocenters. The molecule has 0 bridgehead atoms. The minimum absolute atomic E-state index is 0.0665. The number of carbonyl (C=O) groups excluding carboxylic acids is 1. The summed E-state index contributed by atoms with van der Waals surface area (Å²) in [5.41, 5.74) is 0.959. The summed E-state index contributed by atoms with van der Waals surface area (Å²) in [5.74, 6) is 0.0665. The number of nitrogens with zero attached hydrogens (tertiary/aromatic N) is 3. The first-order valence-electron chi connectivity index (χ1n) is 13.1. The Kier molecular flexibility index (Phi) is 8.66. The molecule has 1 aromatic heterocycles. The van der Waals surface area contributed by atoms with Crippen molar-refractivity contribution in [3.63, 3.8) is 0 Å². The predicted molar refractivity (Wildman–Crippen MR) is 136 cm³/mol. The summed E-state index contributed by atoms with van der Waals surface area (Å²) in [6.07, 6.45) is 11.4. The molecule has 0 spiro atoms. The van der Waals surface area contributed by atoms with E-state index >= 15 is 0 Å². The maximum Gasteiger partial charge on any atom is 0.243 e. The highest BCUT2D eigenvalue weighted by Gasteiger charge is 2.26. The van der Waals surface area contributed by atoms with Crippen molar-refractivity contribution in [3.05, 3.63) is 30.5 Å². The highest BCUT2D eigenvalue weighted by atomic mass is 32.2. The molecule has 0 radical (unpaired) electrons. The van der Waals surface area contributed by atoms with Gasteiger partial charge in [0.1, 0.15) is 0 Å². The van der Waals surface area contributed by atoms with Crippen molar-refractivity contribution >= 4 is 26.8 Å². The fourth-order valence-corrected chi connectivity index (χ4v) is 6.98. The van der Waals surface area contributed by atoms with Crippen LogP contribution in [0.5, 0.6) is 0 Å². The Hall–Kier alpha value is -1.90. The number of carbonyl (C=O) groups is 1. The summed E-state index contributed by atoms with van der Waals surface area (Å²) in [4.78, 5) is 15.3. The number of aryl methyl sites for hydroxylation is 1. The van der Waals surface area contributed by atoms with Crippen LogP contribution in [0, 0.1) is 0 Å². The molecule has 2 saturated heterocycles. The van der Waals surface area contributed by atoms with E-state index in [4.69, 9.17) is 0 Å². The van der Waals surface area contributed by atoms with E-state index in [2.05, 4.69) is 17.1 Å². The van der Waals surface area contributed by atoms with Crippen LogP contribution < -0.4 is 5.32 Å². The van der Waals surface area contributed by atoms with Gasteiger partial charge >= 0.3 is 0 Å². The molecule has 4 rings (SSSR count). The molecular formula is C26H40N4O3S. The number of benzene rings is 1. The topological polar surface area (TPSA) is 74.6 Å². The number of nitrogens with one attached hydrogen (secondary N) is 1. The summed E-state index contributed by atoms with van der Waals surface area (Å²) in [6.45, 7) is 7.02. The van der Waals surface area contributed by atoms with Gasteiger partial charge in [-0.3, -0.25) is 4.79 Å². The van der Waals surface area contributed by atoms with Crippen LogP contribution in [-0.2, 0) is 21.4 Å². The largest absolute Gasteiger partial charge is 0.356 e. The van der Waals surface area contributed by atoms with E-state index in [0.29, 0.717) is 37.0 Å². The zero-order valence-electron chi connectivity index (χ0n) is 20.5. The predicted octanol–water partition coefficient (Wildman–Crippen LogP) is 3.98. The molecule has 0 saturated carbocycles.